The highest BCUT2D eigenvalue weighted by atomic mass is 15.3. The molecule has 2 aliphatic rings. The van der Waals surface area contributed by atoms with E-state index in [1.165, 1.54) is 37.8 Å². The summed E-state index contributed by atoms with van der Waals surface area (Å²) in [5.74, 6) is 0. The Morgan fingerprint density at radius 3 is 2.95 bits per heavy atom. The Labute approximate surface area is 116 Å². The molecule has 3 rings (SSSR count). The molecule has 106 valence electrons. The molecule has 1 saturated carbocycles. The van der Waals surface area contributed by atoms with E-state index in [1.54, 1.807) is 0 Å². The number of nitrogens with zero attached hydrogens (tertiary/aromatic N) is 3. The zero-order valence-corrected chi connectivity index (χ0v) is 12.0. The second-order valence-electron chi connectivity index (χ2n) is 6.10. The summed E-state index contributed by atoms with van der Waals surface area (Å²) >= 11 is 0. The van der Waals surface area contributed by atoms with Crippen molar-refractivity contribution in [2.75, 3.05) is 19.6 Å². The molecule has 19 heavy (non-hydrogen) atoms. The first kappa shape index (κ1) is 13.1. The predicted octanol–water partition coefficient (Wildman–Crippen LogP) is 2.18. The molecule has 0 bridgehead atoms. The molecule has 2 fully saturated rings. The fraction of sp³-hybridized carbons (Fsp3) is 0.800. The maximum Gasteiger partial charge on any atom is 0.0765 e. The largest absolute Gasteiger partial charge is 0.314 e. The van der Waals surface area contributed by atoms with Gasteiger partial charge in [-0.05, 0) is 25.8 Å². The lowest BCUT2D eigenvalue weighted by Gasteiger charge is -2.33. The summed E-state index contributed by atoms with van der Waals surface area (Å²) < 4.78 is 2.22. The zero-order valence-electron chi connectivity index (χ0n) is 12.0. The van der Waals surface area contributed by atoms with Crippen LogP contribution < -0.4 is 5.32 Å². The number of aromatic nitrogens is 2. The topological polar surface area (TPSA) is 33.1 Å². The first-order valence-electron chi connectivity index (χ1n) is 7.82. The fourth-order valence-electron chi connectivity index (χ4n) is 3.34. The molecule has 1 aromatic rings. The van der Waals surface area contributed by atoms with Crippen molar-refractivity contribution in [3.63, 3.8) is 0 Å². The molecule has 1 aliphatic carbocycles. The van der Waals surface area contributed by atoms with Gasteiger partial charge in [0.1, 0.15) is 0 Å². The van der Waals surface area contributed by atoms with E-state index in [2.05, 4.69) is 34.1 Å². The van der Waals surface area contributed by atoms with Crippen molar-refractivity contribution in [2.24, 2.45) is 0 Å². The Balaban J connectivity index is 1.60. The predicted molar refractivity (Wildman–Crippen MR) is 77.1 cm³/mol. The second-order valence-corrected chi connectivity index (χ2v) is 6.10. The van der Waals surface area contributed by atoms with Crippen molar-refractivity contribution < 1.29 is 0 Å². The Morgan fingerprint density at radius 1 is 1.32 bits per heavy atom. The van der Waals surface area contributed by atoms with Gasteiger partial charge in [0.15, 0.2) is 0 Å². The monoisotopic (exact) mass is 262 g/mol. The quantitative estimate of drug-likeness (QED) is 0.906. The van der Waals surface area contributed by atoms with E-state index in [9.17, 15) is 0 Å². The normalized spacial score (nSPS) is 26.7. The number of hydrogen-bond donors (Lipinski definition) is 1. The molecule has 1 N–H and O–H groups in total. The third-order valence-corrected chi connectivity index (χ3v) is 4.62. The first-order valence-corrected chi connectivity index (χ1v) is 7.82. The van der Waals surface area contributed by atoms with Crippen LogP contribution in [0.2, 0.25) is 0 Å². The van der Waals surface area contributed by atoms with E-state index in [-0.39, 0.29) is 0 Å². The summed E-state index contributed by atoms with van der Waals surface area (Å²) in [6.07, 6.45) is 8.96. The third-order valence-electron chi connectivity index (χ3n) is 4.62. The highest BCUT2D eigenvalue weighted by Gasteiger charge is 2.20. The minimum Gasteiger partial charge on any atom is -0.314 e. The number of piperazine rings is 1. The lowest BCUT2D eigenvalue weighted by atomic mass is 9.96. The van der Waals surface area contributed by atoms with Gasteiger partial charge in [0.2, 0.25) is 0 Å². The van der Waals surface area contributed by atoms with E-state index in [0.29, 0.717) is 12.1 Å². The van der Waals surface area contributed by atoms with Crippen molar-refractivity contribution in [1.82, 2.24) is 20.0 Å². The molecule has 2 heterocycles. The molecular weight excluding hydrogens is 236 g/mol. The van der Waals surface area contributed by atoms with Crippen molar-refractivity contribution in [1.29, 1.82) is 0 Å². The molecule has 0 aromatic carbocycles. The summed E-state index contributed by atoms with van der Waals surface area (Å²) in [6.45, 7) is 6.64. The minimum absolute atomic E-state index is 0.619. The van der Waals surface area contributed by atoms with Crippen molar-refractivity contribution in [3.8, 4) is 0 Å². The maximum absolute atomic E-state index is 4.82. The van der Waals surface area contributed by atoms with Gasteiger partial charge in [-0.2, -0.15) is 5.10 Å². The van der Waals surface area contributed by atoms with Gasteiger partial charge >= 0.3 is 0 Å². The SMILES string of the molecule is C[C@H]1CNCCN1Cc1ccn(C2CCCCC2)n1. The van der Waals surface area contributed by atoms with Gasteiger partial charge in [-0.1, -0.05) is 19.3 Å². The molecule has 0 unspecified atom stereocenters. The molecule has 1 saturated heterocycles. The summed E-state index contributed by atoms with van der Waals surface area (Å²) in [5, 5.41) is 8.26. The average Bonchev–Trinajstić information content (AvgIpc) is 2.91. The number of nitrogens with one attached hydrogen (secondary N) is 1. The highest BCUT2D eigenvalue weighted by Crippen LogP contribution is 2.27. The Bertz CT molecular complexity index is 395. The molecule has 4 nitrogen and oxygen atoms in total. The van der Waals surface area contributed by atoms with Crippen LogP contribution in [0.5, 0.6) is 0 Å². The van der Waals surface area contributed by atoms with Crippen molar-refractivity contribution in [3.05, 3.63) is 18.0 Å². The highest BCUT2D eigenvalue weighted by molar-refractivity contribution is 5.01. The summed E-state index contributed by atoms with van der Waals surface area (Å²) in [4.78, 5) is 2.53. The van der Waals surface area contributed by atoms with Gasteiger partial charge in [0, 0.05) is 38.4 Å². The van der Waals surface area contributed by atoms with E-state index in [4.69, 9.17) is 5.10 Å². The molecule has 1 aromatic heterocycles. The molecule has 4 heteroatoms. The Hall–Kier alpha value is -0.870. The molecule has 1 aliphatic heterocycles. The van der Waals surface area contributed by atoms with Crippen LogP contribution in [0.4, 0.5) is 0 Å². The third kappa shape index (κ3) is 3.18. The molecular formula is C15H26N4. The van der Waals surface area contributed by atoms with Crippen LogP contribution in [0.3, 0.4) is 0 Å². The fourth-order valence-corrected chi connectivity index (χ4v) is 3.34. The lowest BCUT2D eigenvalue weighted by Crippen LogP contribution is -2.49. The van der Waals surface area contributed by atoms with Crippen LogP contribution in [-0.4, -0.2) is 40.4 Å². The van der Waals surface area contributed by atoms with Crippen LogP contribution in [0.25, 0.3) is 0 Å². The maximum atomic E-state index is 4.82. The van der Waals surface area contributed by atoms with Gasteiger partial charge in [-0.25, -0.2) is 0 Å². The van der Waals surface area contributed by atoms with Gasteiger partial charge < -0.3 is 5.32 Å². The zero-order chi connectivity index (χ0) is 13.1. The molecule has 0 spiro atoms. The minimum atomic E-state index is 0.619. The van der Waals surface area contributed by atoms with E-state index >= 15 is 0 Å². The van der Waals surface area contributed by atoms with Gasteiger partial charge in [0.05, 0.1) is 11.7 Å². The molecule has 0 amide bonds. The average molecular weight is 262 g/mol. The van der Waals surface area contributed by atoms with Crippen LogP contribution in [0.1, 0.15) is 50.8 Å². The van der Waals surface area contributed by atoms with Crippen LogP contribution in [0.15, 0.2) is 12.3 Å². The lowest BCUT2D eigenvalue weighted by molar-refractivity contribution is 0.163. The van der Waals surface area contributed by atoms with Gasteiger partial charge in [-0.3, -0.25) is 9.58 Å². The van der Waals surface area contributed by atoms with Gasteiger partial charge in [-0.15, -0.1) is 0 Å². The van der Waals surface area contributed by atoms with Crippen LogP contribution >= 0.6 is 0 Å². The molecule has 0 radical (unpaired) electrons. The van der Waals surface area contributed by atoms with Gasteiger partial charge in [0.25, 0.3) is 0 Å². The first-order chi connectivity index (χ1) is 9.33. The summed E-state index contributed by atoms with van der Waals surface area (Å²) in [5.41, 5.74) is 1.24. The van der Waals surface area contributed by atoms with E-state index < -0.39 is 0 Å². The van der Waals surface area contributed by atoms with Crippen molar-refractivity contribution in [2.45, 2.75) is 57.7 Å². The van der Waals surface area contributed by atoms with Crippen molar-refractivity contribution >= 4 is 0 Å². The number of hydrogen-bond acceptors (Lipinski definition) is 3. The second kappa shape index (κ2) is 6.06. The number of rotatable bonds is 3. The summed E-state index contributed by atoms with van der Waals surface area (Å²) in [7, 11) is 0. The van der Waals surface area contributed by atoms with E-state index in [0.717, 1.165) is 26.2 Å². The Morgan fingerprint density at radius 2 is 2.16 bits per heavy atom. The summed E-state index contributed by atoms with van der Waals surface area (Å²) in [6, 6.07) is 3.49. The standard InChI is InChI=1S/C15H26N4/c1-13-11-16-8-10-18(13)12-14-7-9-19(17-14)15-5-3-2-4-6-15/h7,9,13,15-16H,2-6,8,10-12H2,1H3/t13-/m0/s1. The van der Waals surface area contributed by atoms with E-state index in [1.807, 2.05) is 0 Å². The molecule has 1 atom stereocenters. The Kier molecular flexibility index (Phi) is 4.18. The van der Waals surface area contributed by atoms with Crippen LogP contribution in [0, 0.1) is 0 Å². The van der Waals surface area contributed by atoms with Crippen LogP contribution in [-0.2, 0) is 6.54 Å². The smallest absolute Gasteiger partial charge is 0.0765 e.